The first-order valence-electron chi connectivity index (χ1n) is 8.51. The number of carbonyl (C=O) groups excluding carboxylic acids is 1. The normalized spacial score (nSPS) is 19.2. The zero-order chi connectivity index (χ0) is 18.7. The van der Waals surface area contributed by atoms with E-state index in [0.717, 1.165) is 5.56 Å². The van der Waals surface area contributed by atoms with Gasteiger partial charge in [-0.05, 0) is 36.9 Å². The molecule has 2 aromatic carbocycles. The molecule has 1 amide bonds. The molecule has 0 aromatic heterocycles. The standard InChI is InChI=1S/C19H23N3O3S/c1-20-19(23)16-8-10-17(11-9-16)26(24,25)22-13-12-21(2)14-18(22)15-6-4-3-5-7-15/h3-11,18H,12-14H2,1-2H3,(H,20,23). The number of hydrogen-bond donors (Lipinski definition) is 1. The summed E-state index contributed by atoms with van der Waals surface area (Å²) in [6, 6.07) is 15.5. The van der Waals surface area contributed by atoms with E-state index < -0.39 is 10.0 Å². The zero-order valence-electron chi connectivity index (χ0n) is 14.9. The third kappa shape index (κ3) is 3.65. The van der Waals surface area contributed by atoms with E-state index in [-0.39, 0.29) is 16.8 Å². The summed E-state index contributed by atoms with van der Waals surface area (Å²) in [5, 5.41) is 2.53. The van der Waals surface area contributed by atoms with Crippen LogP contribution in [-0.2, 0) is 10.0 Å². The minimum Gasteiger partial charge on any atom is -0.355 e. The van der Waals surface area contributed by atoms with Crippen LogP contribution in [0.5, 0.6) is 0 Å². The van der Waals surface area contributed by atoms with Gasteiger partial charge in [-0.25, -0.2) is 8.42 Å². The number of sulfonamides is 1. The SMILES string of the molecule is CNC(=O)c1ccc(S(=O)(=O)N2CCN(C)CC2c2ccccc2)cc1. The number of amides is 1. The fraction of sp³-hybridized carbons (Fsp3) is 0.316. The number of carbonyl (C=O) groups is 1. The highest BCUT2D eigenvalue weighted by molar-refractivity contribution is 7.89. The minimum atomic E-state index is -3.66. The molecule has 0 bridgehead atoms. The van der Waals surface area contributed by atoms with Gasteiger partial charge in [-0.1, -0.05) is 30.3 Å². The fourth-order valence-electron chi connectivity index (χ4n) is 3.20. The van der Waals surface area contributed by atoms with Crippen molar-refractivity contribution < 1.29 is 13.2 Å². The largest absolute Gasteiger partial charge is 0.355 e. The first-order chi connectivity index (χ1) is 12.4. The molecule has 1 aliphatic rings. The molecule has 26 heavy (non-hydrogen) atoms. The van der Waals surface area contributed by atoms with Gasteiger partial charge in [0.25, 0.3) is 5.91 Å². The van der Waals surface area contributed by atoms with Gasteiger partial charge in [-0.15, -0.1) is 0 Å². The maximum Gasteiger partial charge on any atom is 0.251 e. The first kappa shape index (κ1) is 18.6. The molecule has 0 aliphatic carbocycles. The van der Waals surface area contributed by atoms with Crippen LogP contribution in [0.25, 0.3) is 0 Å². The van der Waals surface area contributed by atoms with Gasteiger partial charge in [-0.3, -0.25) is 4.79 Å². The van der Waals surface area contributed by atoms with Gasteiger partial charge < -0.3 is 10.2 Å². The van der Waals surface area contributed by atoms with Gasteiger partial charge in [0, 0.05) is 32.2 Å². The lowest BCUT2D eigenvalue weighted by Crippen LogP contribution is -2.49. The van der Waals surface area contributed by atoms with Gasteiger partial charge in [-0.2, -0.15) is 4.31 Å². The number of benzene rings is 2. The molecule has 138 valence electrons. The quantitative estimate of drug-likeness (QED) is 0.886. The fourth-order valence-corrected chi connectivity index (χ4v) is 4.79. The second-order valence-electron chi connectivity index (χ2n) is 6.41. The zero-order valence-corrected chi connectivity index (χ0v) is 15.7. The predicted molar refractivity (Wildman–Crippen MR) is 100 cm³/mol. The van der Waals surface area contributed by atoms with Gasteiger partial charge >= 0.3 is 0 Å². The Labute approximate surface area is 154 Å². The van der Waals surface area contributed by atoms with Crippen molar-refractivity contribution in [3.05, 3.63) is 65.7 Å². The van der Waals surface area contributed by atoms with E-state index in [2.05, 4.69) is 10.2 Å². The number of nitrogens with one attached hydrogen (secondary N) is 1. The van der Waals surface area contributed by atoms with Crippen molar-refractivity contribution in [1.82, 2.24) is 14.5 Å². The summed E-state index contributed by atoms with van der Waals surface area (Å²) in [6.45, 7) is 1.74. The Morgan fingerprint density at radius 3 is 2.31 bits per heavy atom. The second-order valence-corrected chi connectivity index (χ2v) is 8.30. The van der Waals surface area contributed by atoms with Crippen molar-refractivity contribution >= 4 is 15.9 Å². The van der Waals surface area contributed by atoms with Crippen LogP contribution in [0, 0.1) is 0 Å². The molecule has 0 radical (unpaired) electrons. The molecule has 1 heterocycles. The summed E-state index contributed by atoms with van der Waals surface area (Å²) in [7, 11) is -0.116. The molecular formula is C19H23N3O3S. The number of rotatable bonds is 4. The van der Waals surface area contributed by atoms with Crippen molar-refractivity contribution in [3.63, 3.8) is 0 Å². The molecule has 1 aliphatic heterocycles. The molecule has 6 nitrogen and oxygen atoms in total. The topological polar surface area (TPSA) is 69.7 Å². The summed E-state index contributed by atoms with van der Waals surface area (Å²) in [4.78, 5) is 14.0. The molecule has 1 unspecified atom stereocenters. The van der Waals surface area contributed by atoms with Crippen molar-refractivity contribution in [2.45, 2.75) is 10.9 Å². The van der Waals surface area contributed by atoms with Gasteiger partial charge in [0.05, 0.1) is 10.9 Å². The highest BCUT2D eigenvalue weighted by atomic mass is 32.2. The van der Waals surface area contributed by atoms with Crippen molar-refractivity contribution in [2.24, 2.45) is 0 Å². The molecule has 1 atom stereocenters. The van der Waals surface area contributed by atoms with Crippen LogP contribution >= 0.6 is 0 Å². The average Bonchev–Trinajstić information content (AvgIpc) is 2.68. The van der Waals surface area contributed by atoms with E-state index in [0.29, 0.717) is 25.2 Å². The Balaban J connectivity index is 1.94. The molecule has 0 spiro atoms. The second kappa shape index (κ2) is 7.57. The average molecular weight is 373 g/mol. The van der Waals surface area contributed by atoms with Crippen LogP contribution in [-0.4, -0.2) is 57.3 Å². The molecule has 1 N–H and O–H groups in total. The third-order valence-corrected chi connectivity index (χ3v) is 6.59. The van der Waals surface area contributed by atoms with Crippen LogP contribution in [0.4, 0.5) is 0 Å². The number of piperazine rings is 1. The summed E-state index contributed by atoms with van der Waals surface area (Å²) in [6.07, 6.45) is 0. The summed E-state index contributed by atoms with van der Waals surface area (Å²) in [5.41, 5.74) is 1.41. The lowest BCUT2D eigenvalue weighted by atomic mass is 10.1. The molecule has 1 fully saturated rings. The van der Waals surface area contributed by atoms with E-state index in [4.69, 9.17) is 0 Å². The van der Waals surface area contributed by atoms with Gasteiger partial charge in [0.1, 0.15) is 0 Å². The van der Waals surface area contributed by atoms with E-state index >= 15 is 0 Å². The summed E-state index contributed by atoms with van der Waals surface area (Å²) >= 11 is 0. The maximum atomic E-state index is 13.2. The third-order valence-electron chi connectivity index (χ3n) is 4.67. The molecule has 1 saturated heterocycles. The molecule has 7 heteroatoms. The van der Waals surface area contributed by atoms with Crippen LogP contribution in [0.1, 0.15) is 22.0 Å². The monoisotopic (exact) mass is 373 g/mol. The van der Waals surface area contributed by atoms with Crippen LogP contribution in [0.2, 0.25) is 0 Å². The highest BCUT2D eigenvalue weighted by Gasteiger charge is 2.36. The molecule has 0 saturated carbocycles. The van der Waals surface area contributed by atoms with E-state index in [1.165, 1.54) is 12.1 Å². The van der Waals surface area contributed by atoms with Crippen LogP contribution in [0.15, 0.2) is 59.5 Å². The number of nitrogens with zero attached hydrogens (tertiary/aromatic N) is 2. The number of hydrogen-bond acceptors (Lipinski definition) is 4. The Kier molecular flexibility index (Phi) is 5.41. The smallest absolute Gasteiger partial charge is 0.251 e. The van der Waals surface area contributed by atoms with Crippen LogP contribution < -0.4 is 5.32 Å². The Bertz CT molecular complexity index is 867. The molecule has 2 aromatic rings. The first-order valence-corrected chi connectivity index (χ1v) is 9.95. The Morgan fingerprint density at radius 1 is 1.04 bits per heavy atom. The Hall–Kier alpha value is -2.22. The summed E-state index contributed by atoms with van der Waals surface area (Å²) in [5.74, 6) is -0.240. The van der Waals surface area contributed by atoms with Gasteiger partial charge in [0.2, 0.25) is 10.0 Å². The molecule has 3 rings (SSSR count). The van der Waals surface area contributed by atoms with Crippen molar-refractivity contribution in [1.29, 1.82) is 0 Å². The highest BCUT2D eigenvalue weighted by Crippen LogP contribution is 2.30. The van der Waals surface area contributed by atoms with Crippen molar-refractivity contribution in [3.8, 4) is 0 Å². The van der Waals surface area contributed by atoms with Crippen LogP contribution in [0.3, 0.4) is 0 Å². The Morgan fingerprint density at radius 2 is 1.69 bits per heavy atom. The summed E-state index contributed by atoms with van der Waals surface area (Å²) < 4.78 is 28.0. The molecular weight excluding hydrogens is 350 g/mol. The lowest BCUT2D eigenvalue weighted by molar-refractivity contribution is 0.0963. The van der Waals surface area contributed by atoms with E-state index in [1.807, 2.05) is 37.4 Å². The van der Waals surface area contributed by atoms with Gasteiger partial charge in [0.15, 0.2) is 0 Å². The lowest BCUT2D eigenvalue weighted by Gasteiger charge is -2.39. The van der Waals surface area contributed by atoms with E-state index in [9.17, 15) is 13.2 Å². The number of likely N-dealkylation sites (N-methyl/N-ethyl adjacent to an activating group) is 1. The maximum absolute atomic E-state index is 13.2. The van der Waals surface area contributed by atoms with Crippen molar-refractivity contribution in [2.75, 3.05) is 33.7 Å². The predicted octanol–water partition coefficient (Wildman–Crippen LogP) is 1.72. The van der Waals surface area contributed by atoms with E-state index in [1.54, 1.807) is 23.5 Å². The minimum absolute atomic E-state index is 0.204.